The van der Waals surface area contributed by atoms with E-state index in [4.69, 9.17) is 0 Å². The van der Waals surface area contributed by atoms with Gasteiger partial charge in [0.1, 0.15) is 0 Å². The minimum atomic E-state index is 0.851. The molecule has 1 unspecified atom stereocenters. The van der Waals surface area contributed by atoms with Gasteiger partial charge in [-0.2, -0.15) is 0 Å². The van der Waals surface area contributed by atoms with Crippen LogP contribution < -0.4 is 5.32 Å². The Kier molecular flexibility index (Phi) is 7.92. The van der Waals surface area contributed by atoms with Crippen LogP contribution in [-0.2, 0) is 0 Å². The Bertz CT molecular complexity index is 195. The molecule has 1 rings (SSSR count). The van der Waals surface area contributed by atoms with Crippen molar-refractivity contribution >= 4 is 0 Å². The van der Waals surface area contributed by atoms with Crippen molar-refractivity contribution in [2.24, 2.45) is 17.8 Å². The van der Waals surface area contributed by atoms with Gasteiger partial charge in [0.2, 0.25) is 0 Å². The van der Waals surface area contributed by atoms with Crippen LogP contribution >= 0.6 is 0 Å². The number of likely N-dealkylation sites (tertiary alicyclic amines) is 1. The second kappa shape index (κ2) is 8.92. The van der Waals surface area contributed by atoms with Gasteiger partial charge in [0.05, 0.1) is 0 Å². The van der Waals surface area contributed by atoms with Crippen LogP contribution in [-0.4, -0.2) is 38.1 Å². The fourth-order valence-corrected chi connectivity index (χ4v) is 3.03. The summed E-state index contributed by atoms with van der Waals surface area (Å²) >= 11 is 0. The molecule has 1 aliphatic rings. The molecule has 0 saturated carbocycles. The van der Waals surface area contributed by atoms with Crippen LogP contribution in [0, 0.1) is 17.8 Å². The van der Waals surface area contributed by atoms with Crippen molar-refractivity contribution in [2.45, 2.75) is 52.9 Å². The molecule has 0 radical (unpaired) electrons. The molecule has 108 valence electrons. The Hall–Kier alpha value is -0.0800. The van der Waals surface area contributed by atoms with Crippen molar-refractivity contribution in [1.82, 2.24) is 10.2 Å². The van der Waals surface area contributed by atoms with Crippen LogP contribution in [0.3, 0.4) is 0 Å². The fourth-order valence-electron chi connectivity index (χ4n) is 3.03. The Morgan fingerprint density at radius 1 is 1.22 bits per heavy atom. The van der Waals surface area contributed by atoms with Gasteiger partial charge in [-0.3, -0.25) is 0 Å². The molecule has 0 aromatic carbocycles. The average molecular weight is 254 g/mol. The van der Waals surface area contributed by atoms with Crippen molar-refractivity contribution in [3.63, 3.8) is 0 Å². The van der Waals surface area contributed by atoms with E-state index in [1.54, 1.807) is 0 Å². The predicted molar refractivity (Wildman–Crippen MR) is 80.9 cm³/mol. The highest BCUT2D eigenvalue weighted by atomic mass is 15.1. The maximum Gasteiger partial charge on any atom is -0.00187 e. The maximum atomic E-state index is 3.69. The molecule has 1 heterocycles. The third-order valence-corrected chi connectivity index (χ3v) is 4.38. The van der Waals surface area contributed by atoms with Gasteiger partial charge in [-0.1, -0.05) is 27.2 Å². The van der Waals surface area contributed by atoms with Gasteiger partial charge < -0.3 is 10.2 Å². The van der Waals surface area contributed by atoms with Gasteiger partial charge in [-0.25, -0.2) is 0 Å². The molecule has 0 aromatic rings. The van der Waals surface area contributed by atoms with E-state index in [-0.39, 0.29) is 0 Å². The highest BCUT2D eigenvalue weighted by Gasteiger charge is 2.16. The molecule has 1 N–H and O–H groups in total. The van der Waals surface area contributed by atoms with Crippen molar-refractivity contribution in [2.75, 3.05) is 33.2 Å². The lowest BCUT2D eigenvalue weighted by atomic mass is 9.92. The summed E-state index contributed by atoms with van der Waals surface area (Å²) in [4.78, 5) is 2.45. The zero-order valence-electron chi connectivity index (χ0n) is 13.0. The number of rotatable bonds is 8. The Morgan fingerprint density at radius 3 is 2.44 bits per heavy atom. The van der Waals surface area contributed by atoms with Gasteiger partial charge in [-0.05, 0) is 76.7 Å². The first-order valence-corrected chi connectivity index (χ1v) is 8.01. The molecule has 1 atom stereocenters. The largest absolute Gasteiger partial charge is 0.316 e. The maximum absolute atomic E-state index is 3.69. The highest BCUT2D eigenvalue weighted by Crippen LogP contribution is 2.18. The third kappa shape index (κ3) is 6.75. The van der Waals surface area contributed by atoms with Crippen LogP contribution in [0.2, 0.25) is 0 Å². The monoisotopic (exact) mass is 254 g/mol. The van der Waals surface area contributed by atoms with E-state index in [2.05, 4.69) is 38.0 Å². The fraction of sp³-hybridized carbons (Fsp3) is 1.00. The minimum Gasteiger partial charge on any atom is -0.316 e. The van der Waals surface area contributed by atoms with Crippen LogP contribution in [0.1, 0.15) is 52.9 Å². The van der Waals surface area contributed by atoms with Gasteiger partial charge in [0, 0.05) is 0 Å². The molecule has 1 saturated heterocycles. The lowest BCUT2D eigenvalue weighted by molar-refractivity contribution is 0.215. The quantitative estimate of drug-likeness (QED) is 0.668. The number of piperidine rings is 1. The summed E-state index contributed by atoms with van der Waals surface area (Å²) in [6.45, 7) is 12.1. The molecule has 0 aromatic heterocycles. The summed E-state index contributed by atoms with van der Waals surface area (Å²) in [5, 5.41) is 3.69. The van der Waals surface area contributed by atoms with Crippen molar-refractivity contribution in [3.8, 4) is 0 Å². The van der Waals surface area contributed by atoms with Crippen LogP contribution in [0.4, 0.5) is 0 Å². The Labute approximate surface area is 115 Å². The summed E-state index contributed by atoms with van der Waals surface area (Å²) in [5.74, 6) is 2.70. The van der Waals surface area contributed by atoms with Gasteiger partial charge >= 0.3 is 0 Å². The van der Waals surface area contributed by atoms with Crippen molar-refractivity contribution in [1.29, 1.82) is 0 Å². The number of nitrogens with zero attached hydrogens (tertiary/aromatic N) is 1. The first kappa shape index (κ1) is 16.0. The highest BCUT2D eigenvalue weighted by molar-refractivity contribution is 4.72. The van der Waals surface area contributed by atoms with E-state index < -0.39 is 0 Å². The van der Waals surface area contributed by atoms with Crippen LogP contribution in [0.15, 0.2) is 0 Å². The first-order valence-electron chi connectivity index (χ1n) is 8.01. The topological polar surface area (TPSA) is 15.3 Å². The van der Waals surface area contributed by atoms with E-state index in [1.165, 1.54) is 58.3 Å². The molecule has 0 spiro atoms. The summed E-state index contributed by atoms with van der Waals surface area (Å²) in [6.07, 6.45) is 6.86. The molecule has 2 nitrogen and oxygen atoms in total. The smallest absolute Gasteiger partial charge is 0.00187 e. The van der Waals surface area contributed by atoms with Crippen LogP contribution in [0.25, 0.3) is 0 Å². The van der Waals surface area contributed by atoms with E-state index in [0.29, 0.717) is 0 Å². The van der Waals surface area contributed by atoms with Gasteiger partial charge in [0.25, 0.3) is 0 Å². The molecule has 1 aliphatic heterocycles. The van der Waals surface area contributed by atoms with Crippen molar-refractivity contribution < 1.29 is 0 Å². The summed E-state index contributed by atoms with van der Waals surface area (Å²) in [6, 6.07) is 0. The molecular formula is C16H34N2. The molecule has 2 heteroatoms. The molecule has 18 heavy (non-hydrogen) atoms. The summed E-state index contributed by atoms with van der Waals surface area (Å²) in [5.41, 5.74) is 0. The molecular weight excluding hydrogens is 220 g/mol. The van der Waals surface area contributed by atoms with E-state index in [0.717, 1.165) is 17.8 Å². The van der Waals surface area contributed by atoms with E-state index in [1.807, 2.05) is 0 Å². The normalized spacial score (nSPS) is 20.5. The van der Waals surface area contributed by atoms with E-state index in [9.17, 15) is 0 Å². The molecule has 0 bridgehead atoms. The minimum absolute atomic E-state index is 0.851. The zero-order valence-corrected chi connectivity index (χ0v) is 13.0. The third-order valence-electron chi connectivity index (χ3n) is 4.38. The van der Waals surface area contributed by atoms with E-state index >= 15 is 0 Å². The molecule has 0 amide bonds. The Morgan fingerprint density at radius 2 is 1.89 bits per heavy atom. The predicted octanol–water partition coefficient (Wildman–Crippen LogP) is 3.38. The Balaban J connectivity index is 2.03. The SMILES string of the molecule is CCC(CCNCC1CCN(C)CC1)CC(C)C. The van der Waals surface area contributed by atoms with Crippen LogP contribution in [0.5, 0.6) is 0 Å². The second-order valence-corrected chi connectivity index (χ2v) is 6.64. The first-order chi connectivity index (χ1) is 8.61. The van der Waals surface area contributed by atoms with Crippen molar-refractivity contribution in [3.05, 3.63) is 0 Å². The zero-order chi connectivity index (χ0) is 13.4. The lowest BCUT2D eigenvalue weighted by Crippen LogP contribution is -2.35. The summed E-state index contributed by atoms with van der Waals surface area (Å²) < 4.78 is 0. The number of hydrogen-bond acceptors (Lipinski definition) is 2. The second-order valence-electron chi connectivity index (χ2n) is 6.64. The number of hydrogen-bond donors (Lipinski definition) is 1. The standard InChI is InChI=1S/C16H34N2/c1-5-15(12-14(2)3)6-9-17-13-16-7-10-18(4)11-8-16/h14-17H,5-13H2,1-4H3. The molecule has 1 fully saturated rings. The summed E-state index contributed by atoms with van der Waals surface area (Å²) in [7, 11) is 2.24. The average Bonchev–Trinajstić information content (AvgIpc) is 2.34. The number of nitrogens with one attached hydrogen (secondary N) is 1. The molecule has 0 aliphatic carbocycles. The van der Waals surface area contributed by atoms with Gasteiger partial charge in [-0.15, -0.1) is 0 Å². The lowest BCUT2D eigenvalue weighted by Gasteiger charge is -2.29. The van der Waals surface area contributed by atoms with Gasteiger partial charge in [0.15, 0.2) is 0 Å².